The highest BCUT2D eigenvalue weighted by Crippen LogP contribution is 2.45. The maximum Gasteiger partial charge on any atom is 0.224 e. The van der Waals surface area contributed by atoms with Crippen LogP contribution in [0.5, 0.6) is 5.88 Å². The summed E-state index contributed by atoms with van der Waals surface area (Å²) in [5, 5.41) is 8.91. The second-order valence-corrected chi connectivity index (χ2v) is 14.1. The van der Waals surface area contributed by atoms with E-state index in [1.54, 1.807) is 29.1 Å². The Morgan fingerprint density at radius 3 is 2.51 bits per heavy atom. The first-order chi connectivity index (χ1) is 20.4. The lowest BCUT2D eigenvalue weighted by atomic mass is 9.41. The van der Waals surface area contributed by atoms with E-state index in [1.165, 1.54) is 19.4 Å². The summed E-state index contributed by atoms with van der Waals surface area (Å²) in [6.45, 7) is 1.05. The standard InChI is InChI=1S/C28H32B3FN6O4S/c1-37-24(26(35-36-37)28(29,30)31)16-12-19-22(33-13-16)21-25(20(43(3,39)40)14-34-27(21)41-2)38(19)23(15-8-10-42-11-9-15)17-6-4-5-7-18(17)32/h4-7,12-15,23H,8-11,29-31H2,1-3H3/t23-/m0/s1. The van der Waals surface area contributed by atoms with E-state index in [0.717, 1.165) is 23.2 Å². The zero-order valence-corrected chi connectivity index (χ0v) is 25.9. The van der Waals surface area contributed by atoms with Crippen molar-refractivity contribution < 1.29 is 22.3 Å². The van der Waals surface area contributed by atoms with Crippen molar-refractivity contribution in [1.29, 1.82) is 0 Å². The number of aryl methyl sites for hydroxylation is 1. The van der Waals surface area contributed by atoms with E-state index in [-0.39, 0.29) is 27.6 Å². The van der Waals surface area contributed by atoms with E-state index < -0.39 is 15.9 Å². The fraction of sp³-hybridized carbons (Fsp3) is 0.357. The molecule has 220 valence electrons. The van der Waals surface area contributed by atoms with Crippen LogP contribution < -0.4 is 4.74 Å². The molecule has 0 N–H and O–H groups in total. The molecule has 0 radical (unpaired) electrons. The lowest BCUT2D eigenvalue weighted by Gasteiger charge is -2.33. The maximum absolute atomic E-state index is 15.8. The molecule has 5 aromatic rings. The molecule has 0 bridgehead atoms. The van der Waals surface area contributed by atoms with Gasteiger partial charge < -0.3 is 14.0 Å². The van der Waals surface area contributed by atoms with Crippen molar-refractivity contribution in [2.45, 2.75) is 28.9 Å². The van der Waals surface area contributed by atoms with Crippen LogP contribution >= 0.6 is 0 Å². The molecule has 1 aromatic carbocycles. The van der Waals surface area contributed by atoms with Gasteiger partial charge >= 0.3 is 0 Å². The number of hydrogen-bond donors (Lipinski definition) is 0. The van der Waals surface area contributed by atoms with Gasteiger partial charge in [0.1, 0.15) is 16.2 Å². The summed E-state index contributed by atoms with van der Waals surface area (Å²) in [5.41, 5.74) is 4.32. The van der Waals surface area contributed by atoms with Crippen molar-refractivity contribution in [2.75, 3.05) is 26.6 Å². The average Bonchev–Trinajstić information content (AvgIpc) is 3.52. The number of sulfone groups is 1. The summed E-state index contributed by atoms with van der Waals surface area (Å²) >= 11 is 0. The third-order valence-corrected chi connectivity index (χ3v) is 9.30. The van der Waals surface area contributed by atoms with Crippen molar-refractivity contribution in [2.24, 2.45) is 13.0 Å². The van der Waals surface area contributed by atoms with Gasteiger partial charge in [0.15, 0.2) is 9.84 Å². The molecule has 15 heteroatoms. The number of rotatable bonds is 7. The highest BCUT2D eigenvalue weighted by atomic mass is 32.2. The zero-order chi connectivity index (χ0) is 30.7. The second kappa shape index (κ2) is 10.8. The number of hydrogen-bond acceptors (Lipinski definition) is 8. The summed E-state index contributed by atoms with van der Waals surface area (Å²) in [4.78, 5) is 9.30. The Kier molecular flexibility index (Phi) is 7.36. The van der Waals surface area contributed by atoms with Crippen molar-refractivity contribution >= 4 is 55.3 Å². The first-order valence-electron chi connectivity index (χ1n) is 14.2. The van der Waals surface area contributed by atoms with Gasteiger partial charge in [-0.05, 0) is 30.9 Å². The van der Waals surface area contributed by atoms with E-state index in [9.17, 15) is 8.42 Å². The summed E-state index contributed by atoms with van der Waals surface area (Å²) < 4.78 is 57.4. The minimum absolute atomic E-state index is 0.0221. The topological polar surface area (TPSA) is 114 Å². The lowest BCUT2D eigenvalue weighted by molar-refractivity contribution is 0.0548. The Balaban J connectivity index is 1.80. The van der Waals surface area contributed by atoms with E-state index in [1.807, 2.05) is 17.7 Å². The molecule has 6 rings (SSSR count). The van der Waals surface area contributed by atoms with E-state index in [4.69, 9.17) is 14.5 Å². The van der Waals surface area contributed by atoms with Crippen LogP contribution in [0.25, 0.3) is 33.2 Å². The van der Waals surface area contributed by atoms with Crippen LogP contribution in [0.1, 0.15) is 30.1 Å². The number of benzene rings is 1. The van der Waals surface area contributed by atoms with Gasteiger partial charge in [-0.1, -0.05) is 28.5 Å². The molecule has 1 fully saturated rings. The average molecular weight is 600 g/mol. The van der Waals surface area contributed by atoms with E-state index >= 15 is 4.39 Å². The molecule has 10 nitrogen and oxygen atoms in total. The molecule has 1 saturated heterocycles. The van der Waals surface area contributed by atoms with Gasteiger partial charge in [0, 0.05) is 43.8 Å². The smallest absolute Gasteiger partial charge is 0.224 e. The number of aromatic nitrogens is 6. The molecule has 1 aliphatic rings. The van der Waals surface area contributed by atoms with Gasteiger partial charge in [0.25, 0.3) is 0 Å². The number of nitrogens with zero attached hydrogens (tertiary/aromatic N) is 6. The molecule has 43 heavy (non-hydrogen) atoms. The fourth-order valence-corrected chi connectivity index (χ4v) is 7.05. The molecule has 5 heterocycles. The Labute approximate surface area is 252 Å². The summed E-state index contributed by atoms with van der Waals surface area (Å²) in [7, 11) is 5.74. The molecule has 1 atom stereocenters. The predicted molar refractivity (Wildman–Crippen MR) is 170 cm³/mol. The molecule has 0 spiro atoms. The minimum Gasteiger partial charge on any atom is -0.480 e. The summed E-state index contributed by atoms with van der Waals surface area (Å²) in [5.74, 6) is -0.183. The van der Waals surface area contributed by atoms with Crippen LogP contribution in [0.4, 0.5) is 4.39 Å². The Hall–Kier alpha value is -3.71. The normalized spacial score (nSPS) is 15.7. The number of ether oxygens (including phenoxy) is 2. The molecule has 0 aliphatic carbocycles. The fourth-order valence-electron chi connectivity index (χ4n) is 6.25. The molecule has 0 unspecified atom stereocenters. The largest absolute Gasteiger partial charge is 0.480 e. The summed E-state index contributed by atoms with van der Waals surface area (Å²) in [6.07, 6.45) is 5.55. The Morgan fingerprint density at radius 1 is 1.14 bits per heavy atom. The Bertz CT molecular complexity index is 1970. The first kappa shape index (κ1) is 29.4. The maximum atomic E-state index is 15.8. The van der Waals surface area contributed by atoms with E-state index in [0.29, 0.717) is 53.6 Å². The van der Waals surface area contributed by atoms with Crippen molar-refractivity contribution in [3.8, 4) is 17.1 Å². The first-order valence-corrected chi connectivity index (χ1v) is 16.1. The SMILES string of the molecule is BC(B)(B)c1nnn(C)c1-c1cnc2c3c(OC)ncc(S(C)(=O)=O)c3n([C@H](c3ccccc3F)C3CCOCC3)c2c1. The quantitative estimate of drug-likeness (QED) is 0.254. The third kappa shape index (κ3) is 5.02. The van der Waals surface area contributed by atoms with Crippen molar-refractivity contribution in [1.82, 2.24) is 29.5 Å². The zero-order valence-electron chi connectivity index (χ0n) is 25.1. The van der Waals surface area contributed by atoms with Gasteiger partial charge in [0.05, 0.1) is 70.7 Å². The number of halogens is 1. The second-order valence-electron chi connectivity index (χ2n) is 12.2. The van der Waals surface area contributed by atoms with Gasteiger partial charge in [0.2, 0.25) is 5.88 Å². The predicted octanol–water partition coefficient (Wildman–Crippen LogP) is 0.957. The molecule has 0 amide bonds. The Morgan fingerprint density at radius 2 is 1.86 bits per heavy atom. The van der Waals surface area contributed by atoms with Crippen LogP contribution in [0.3, 0.4) is 0 Å². The van der Waals surface area contributed by atoms with Crippen LogP contribution in [-0.2, 0) is 26.7 Å². The van der Waals surface area contributed by atoms with Crippen LogP contribution in [0, 0.1) is 11.7 Å². The molecule has 0 saturated carbocycles. The molecular weight excluding hydrogens is 568 g/mol. The van der Waals surface area contributed by atoms with Gasteiger partial charge in [-0.2, -0.15) is 0 Å². The van der Waals surface area contributed by atoms with E-state index in [2.05, 4.69) is 38.8 Å². The lowest BCUT2D eigenvalue weighted by Crippen LogP contribution is -2.28. The van der Waals surface area contributed by atoms with Crippen LogP contribution in [-0.4, -0.2) is 88.1 Å². The third-order valence-electron chi connectivity index (χ3n) is 8.21. The van der Waals surface area contributed by atoms with Crippen molar-refractivity contribution in [3.63, 3.8) is 0 Å². The number of pyridine rings is 2. The van der Waals surface area contributed by atoms with Gasteiger partial charge in [-0.15, -0.1) is 5.10 Å². The number of fused-ring (bicyclic) bond motifs is 3. The monoisotopic (exact) mass is 600 g/mol. The molecule has 1 aliphatic heterocycles. The number of methoxy groups -OCH3 is 1. The van der Waals surface area contributed by atoms with Crippen molar-refractivity contribution in [3.05, 3.63) is 59.8 Å². The van der Waals surface area contributed by atoms with Crippen LogP contribution in [0.15, 0.2) is 47.6 Å². The molecular formula is C28H32B3FN6O4S. The molecule has 4 aromatic heterocycles. The minimum atomic E-state index is -3.78. The highest BCUT2D eigenvalue weighted by molar-refractivity contribution is 7.91. The van der Waals surface area contributed by atoms with Gasteiger partial charge in [-0.25, -0.2) is 22.5 Å². The van der Waals surface area contributed by atoms with Gasteiger partial charge in [-0.3, -0.25) is 4.98 Å². The van der Waals surface area contributed by atoms with Crippen LogP contribution in [0.2, 0.25) is 0 Å². The summed E-state index contributed by atoms with van der Waals surface area (Å²) in [6, 6.07) is 8.07. The highest BCUT2D eigenvalue weighted by Gasteiger charge is 2.35.